The summed E-state index contributed by atoms with van der Waals surface area (Å²) in [5, 5.41) is 3.07. The molecule has 4 aromatic rings. The van der Waals surface area contributed by atoms with Crippen molar-refractivity contribution in [2.75, 3.05) is 10.2 Å². The number of aryl methyl sites for hydroxylation is 1. The van der Waals surface area contributed by atoms with Crippen LogP contribution in [0.2, 0.25) is 5.15 Å². The Morgan fingerprint density at radius 2 is 1.85 bits per heavy atom. The van der Waals surface area contributed by atoms with E-state index < -0.39 is 27.0 Å². The van der Waals surface area contributed by atoms with Gasteiger partial charge in [-0.15, -0.1) is 0 Å². The maximum absolute atomic E-state index is 13.8. The molecule has 0 radical (unpaired) electrons. The monoisotopic (exact) mass is 598 g/mol. The minimum Gasteiger partial charge on any atom is -0.376 e. The molecule has 1 amide bonds. The molecule has 0 saturated carbocycles. The van der Waals surface area contributed by atoms with Gasteiger partial charge in [0.1, 0.15) is 11.0 Å². The van der Waals surface area contributed by atoms with Gasteiger partial charge in [0.05, 0.1) is 22.6 Å². The number of carbonyl (C=O) groups is 1. The van der Waals surface area contributed by atoms with E-state index in [1.54, 1.807) is 26.1 Å². The van der Waals surface area contributed by atoms with Crippen LogP contribution in [0.4, 0.5) is 16.0 Å². The number of fused-ring (bicyclic) bond motifs is 2. The van der Waals surface area contributed by atoms with Crippen LogP contribution in [-0.4, -0.2) is 28.9 Å². The molecule has 0 aliphatic carbocycles. The first kappa shape index (κ1) is 28.5. The summed E-state index contributed by atoms with van der Waals surface area (Å²) in [6.07, 6.45) is -0.0335. The van der Waals surface area contributed by atoms with E-state index in [0.29, 0.717) is 35.5 Å². The van der Waals surface area contributed by atoms with Crippen LogP contribution in [0.3, 0.4) is 0 Å². The highest BCUT2D eigenvalue weighted by molar-refractivity contribution is 7.90. The van der Waals surface area contributed by atoms with Gasteiger partial charge in [0.15, 0.2) is 0 Å². The zero-order valence-corrected chi connectivity index (χ0v) is 24.4. The van der Waals surface area contributed by atoms with Gasteiger partial charge >= 0.3 is 0 Å². The van der Waals surface area contributed by atoms with Crippen molar-refractivity contribution in [2.45, 2.75) is 51.3 Å². The summed E-state index contributed by atoms with van der Waals surface area (Å²) in [7, 11) is -2.67. The van der Waals surface area contributed by atoms with E-state index in [2.05, 4.69) is 10.3 Å². The predicted octanol–water partition coefficient (Wildman–Crippen LogP) is 4.34. The second-order valence-corrected chi connectivity index (χ2v) is 12.0. The van der Waals surface area contributed by atoms with Crippen LogP contribution in [0.1, 0.15) is 48.6 Å². The summed E-state index contributed by atoms with van der Waals surface area (Å²) >= 11 is 6.01. The van der Waals surface area contributed by atoms with E-state index >= 15 is 0 Å². The summed E-state index contributed by atoms with van der Waals surface area (Å²) in [6, 6.07) is 10.6. The van der Waals surface area contributed by atoms with Crippen LogP contribution in [0.25, 0.3) is 10.9 Å². The molecule has 2 aromatic carbocycles. The molecule has 0 fully saturated rings. The third-order valence-electron chi connectivity index (χ3n) is 6.99. The average molecular weight is 599 g/mol. The molecular weight excluding hydrogens is 571 g/mol. The van der Waals surface area contributed by atoms with Crippen molar-refractivity contribution in [2.24, 2.45) is 7.05 Å². The molecule has 3 heterocycles. The van der Waals surface area contributed by atoms with Crippen molar-refractivity contribution in [3.05, 3.63) is 86.0 Å². The second kappa shape index (κ2) is 10.7. The van der Waals surface area contributed by atoms with Crippen molar-refractivity contribution in [3.63, 3.8) is 0 Å². The van der Waals surface area contributed by atoms with Crippen LogP contribution in [0, 0.1) is 12.7 Å². The van der Waals surface area contributed by atoms with Gasteiger partial charge in [-0.25, -0.2) is 19.1 Å². The van der Waals surface area contributed by atoms with E-state index in [4.69, 9.17) is 16.6 Å². The molecular formula is C28H28ClFN6O4S. The predicted molar refractivity (Wildman–Crippen MR) is 155 cm³/mol. The number of aromatic nitrogens is 3. The third-order valence-corrected chi connectivity index (χ3v) is 8.52. The van der Waals surface area contributed by atoms with E-state index in [9.17, 15) is 22.4 Å². The van der Waals surface area contributed by atoms with Crippen molar-refractivity contribution >= 4 is 50.1 Å². The number of rotatable bonds is 7. The molecule has 5 rings (SSSR count). The van der Waals surface area contributed by atoms with Crippen LogP contribution in [-0.2, 0) is 35.0 Å². The molecule has 2 N–H and O–H groups in total. The lowest BCUT2D eigenvalue weighted by Crippen LogP contribution is -2.31. The van der Waals surface area contributed by atoms with Gasteiger partial charge in [-0.2, -0.15) is 8.42 Å². The lowest BCUT2D eigenvalue weighted by Gasteiger charge is -2.23. The van der Waals surface area contributed by atoms with Crippen LogP contribution in [0.15, 0.2) is 52.3 Å². The molecule has 214 valence electrons. The Morgan fingerprint density at radius 1 is 1.12 bits per heavy atom. The Bertz CT molecular complexity index is 1880. The fraction of sp³-hybridized carbons (Fsp3) is 0.286. The number of amides is 1. The maximum Gasteiger partial charge on any atom is 0.283 e. The normalized spacial score (nSPS) is 13.8. The number of benzene rings is 2. The standard InChI is InChI=1S/C28H28ClFN6O4S/c1-5-24(37)34-41(39,40)26-22(8-9-23(29)32-26)31-16(3)20-10-15(2)11-21-25(20)33-28(35(4)27(21)38)36-13-17-6-7-19(30)12-18(17)14-36/h6-12,16,31H,5,13-14H2,1-4H3,(H,34,37)/t16-/m1/s1. The zero-order chi connectivity index (χ0) is 29.6. The molecule has 0 saturated heterocycles. The van der Waals surface area contributed by atoms with Crippen LogP contribution >= 0.6 is 11.6 Å². The van der Waals surface area contributed by atoms with Crippen molar-refractivity contribution in [3.8, 4) is 0 Å². The van der Waals surface area contributed by atoms with Crippen LogP contribution < -0.4 is 20.5 Å². The SMILES string of the molecule is CCC(=O)NS(=O)(=O)c1nc(Cl)ccc1N[C@H](C)c1cc(C)cc2c(=O)n(C)c(N3Cc4ccc(F)cc4C3)nc12. The maximum atomic E-state index is 13.8. The Morgan fingerprint density at radius 3 is 2.59 bits per heavy atom. The molecule has 10 nitrogen and oxygen atoms in total. The average Bonchev–Trinajstić information content (AvgIpc) is 3.34. The molecule has 0 spiro atoms. The molecule has 41 heavy (non-hydrogen) atoms. The summed E-state index contributed by atoms with van der Waals surface area (Å²) in [4.78, 5) is 36.2. The Hall–Kier alpha value is -4.03. The second-order valence-electron chi connectivity index (χ2n) is 10.0. The number of sulfonamides is 1. The highest BCUT2D eigenvalue weighted by Gasteiger charge is 2.27. The van der Waals surface area contributed by atoms with Crippen molar-refractivity contribution < 1.29 is 17.6 Å². The molecule has 2 aromatic heterocycles. The Balaban J connectivity index is 1.57. The Labute approximate surface area is 241 Å². The van der Waals surface area contributed by atoms with Crippen LogP contribution in [0.5, 0.6) is 0 Å². The quantitative estimate of drug-likeness (QED) is 0.301. The summed E-state index contributed by atoms with van der Waals surface area (Å²) in [5.74, 6) is -0.583. The molecule has 0 unspecified atom stereocenters. The highest BCUT2D eigenvalue weighted by Crippen LogP contribution is 2.32. The molecule has 1 aliphatic heterocycles. The molecule has 0 bridgehead atoms. The number of pyridine rings is 1. The highest BCUT2D eigenvalue weighted by atomic mass is 35.5. The van der Waals surface area contributed by atoms with Gasteiger partial charge in [-0.1, -0.05) is 30.7 Å². The number of hydrogen-bond donors (Lipinski definition) is 2. The van der Waals surface area contributed by atoms with Crippen molar-refractivity contribution in [1.82, 2.24) is 19.3 Å². The number of halogens is 2. The first-order chi connectivity index (χ1) is 19.4. The smallest absolute Gasteiger partial charge is 0.283 e. The van der Waals surface area contributed by atoms with Gasteiger partial charge < -0.3 is 10.2 Å². The van der Waals surface area contributed by atoms with E-state index in [1.807, 2.05) is 22.6 Å². The van der Waals surface area contributed by atoms with Gasteiger partial charge in [-0.05, 0) is 60.9 Å². The largest absolute Gasteiger partial charge is 0.376 e. The molecule has 13 heteroatoms. The fourth-order valence-corrected chi connectivity index (χ4v) is 6.35. The van der Waals surface area contributed by atoms with E-state index in [0.717, 1.165) is 16.7 Å². The number of anilines is 2. The third kappa shape index (κ3) is 5.49. The molecule has 1 aliphatic rings. The number of nitrogens with one attached hydrogen (secondary N) is 2. The van der Waals surface area contributed by atoms with Gasteiger partial charge in [0, 0.05) is 32.1 Å². The lowest BCUT2D eigenvalue weighted by molar-refractivity contribution is -0.119. The number of carbonyl (C=O) groups excluding carboxylic acids is 1. The summed E-state index contributed by atoms with van der Waals surface area (Å²) in [5.41, 5.74) is 3.57. The topological polar surface area (TPSA) is 126 Å². The summed E-state index contributed by atoms with van der Waals surface area (Å²) in [6.45, 7) is 6.06. The van der Waals surface area contributed by atoms with Gasteiger partial charge in [0.25, 0.3) is 15.6 Å². The molecule has 1 atom stereocenters. The Kier molecular flexibility index (Phi) is 7.47. The minimum atomic E-state index is -4.32. The summed E-state index contributed by atoms with van der Waals surface area (Å²) < 4.78 is 43.3. The van der Waals surface area contributed by atoms with Gasteiger partial charge in [-0.3, -0.25) is 14.2 Å². The first-order valence-corrected chi connectivity index (χ1v) is 14.8. The zero-order valence-electron chi connectivity index (χ0n) is 22.8. The fourth-order valence-electron chi connectivity index (χ4n) is 4.97. The number of nitrogens with zero attached hydrogens (tertiary/aromatic N) is 4. The lowest BCUT2D eigenvalue weighted by atomic mass is 10.0. The van der Waals surface area contributed by atoms with E-state index in [1.165, 1.54) is 35.8 Å². The minimum absolute atomic E-state index is 0.0335. The van der Waals surface area contributed by atoms with Crippen molar-refractivity contribution in [1.29, 1.82) is 0 Å². The first-order valence-electron chi connectivity index (χ1n) is 12.9. The van der Waals surface area contributed by atoms with E-state index in [-0.39, 0.29) is 28.6 Å². The van der Waals surface area contributed by atoms with Gasteiger partial charge in [0.2, 0.25) is 16.9 Å². The number of hydrogen-bond acceptors (Lipinski definition) is 8.